The van der Waals surface area contributed by atoms with Gasteiger partial charge in [-0.15, -0.1) is 0 Å². The monoisotopic (exact) mass is 385 g/mol. The van der Waals surface area contributed by atoms with Gasteiger partial charge in [0.05, 0.1) is 19.2 Å². The molecule has 5 rings (SSSR count). The summed E-state index contributed by atoms with van der Waals surface area (Å²) in [5.41, 5.74) is 9.35. The third kappa shape index (κ3) is 2.17. The van der Waals surface area contributed by atoms with Gasteiger partial charge in [-0.2, -0.15) is 0 Å². The highest BCUT2D eigenvalue weighted by Crippen LogP contribution is 2.49. The van der Waals surface area contributed by atoms with E-state index in [1.807, 2.05) is 6.20 Å². The maximum atomic E-state index is 6.62. The molecular formula is C25H27NOSi. The van der Waals surface area contributed by atoms with Crippen molar-refractivity contribution in [2.45, 2.75) is 52.8 Å². The zero-order valence-electron chi connectivity index (χ0n) is 17.8. The number of aromatic nitrogens is 1. The zero-order valence-corrected chi connectivity index (χ0v) is 18.8. The summed E-state index contributed by atoms with van der Waals surface area (Å²) in [5.74, 6) is 0. The first kappa shape index (κ1) is 17.7. The molecule has 0 aliphatic heterocycles. The molecule has 0 N–H and O–H groups in total. The summed E-state index contributed by atoms with van der Waals surface area (Å²) in [7, 11) is -1.56. The smallest absolute Gasteiger partial charge is 0.142 e. The lowest BCUT2D eigenvalue weighted by atomic mass is 9.75. The number of rotatable bonds is 1. The van der Waals surface area contributed by atoms with Crippen molar-refractivity contribution in [2.24, 2.45) is 0 Å². The van der Waals surface area contributed by atoms with Crippen LogP contribution in [-0.4, -0.2) is 13.1 Å². The summed E-state index contributed by atoms with van der Waals surface area (Å²) in [5, 5.41) is 3.87. The van der Waals surface area contributed by atoms with Gasteiger partial charge in [0, 0.05) is 28.1 Å². The van der Waals surface area contributed by atoms with E-state index in [0.717, 1.165) is 22.4 Å². The average molecular weight is 386 g/mol. The molecule has 0 atom stereocenters. The summed E-state index contributed by atoms with van der Waals surface area (Å²) in [4.78, 5) is 4.93. The molecule has 0 spiro atoms. The van der Waals surface area contributed by atoms with E-state index in [9.17, 15) is 0 Å². The largest absolute Gasteiger partial charge is 0.456 e. The molecule has 2 aromatic carbocycles. The molecule has 0 saturated heterocycles. The van der Waals surface area contributed by atoms with Crippen LogP contribution in [0.4, 0.5) is 0 Å². The SMILES string of the molecule is Cc1ccc2c(c1)C(C)(C)c1ccc([Si](C)(C)C)c3oc4c(C)cnc-2c4c13. The molecule has 2 heterocycles. The van der Waals surface area contributed by atoms with E-state index in [2.05, 4.69) is 77.7 Å². The van der Waals surface area contributed by atoms with Gasteiger partial charge in [-0.1, -0.05) is 69.4 Å². The van der Waals surface area contributed by atoms with E-state index in [-0.39, 0.29) is 5.41 Å². The molecule has 142 valence electrons. The van der Waals surface area contributed by atoms with Crippen LogP contribution < -0.4 is 5.19 Å². The van der Waals surface area contributed by atoms with E-state index in [0.29, 0.717) is 0 Å². The Bertz CT molecular complexity index is 1290. The summed E-state index contributed by atoms with van der Waals surface area (Å²) in [6.07, 6.45) is 1.97. The fourth-order valence-electron chi connectivity index (χ4n) is 4.83. The minimum atomic E-state index is -1.56. The van der Waals surface area contributed by atoms with Crippen LogP contribution in [0.5, 0.6) is 0 Å². The number of pyridine rings is 1. The molecule has 2 aromatic heterocycles. The Labute approximate surface area is 167 Å². The second kappa shape index (κ2) is 5.35. The van der Waals surface area contributed by atoms with Gasteiger partial charge < -0.3 is 4.42 Å². The van der Waals surface area contributed by atoms with Crippen molar-refractivity contribution < 1.29 is 4.42 Å². The van der Waals surface area contributed by atoms with Crippen LogP contribution in [0.3, 0.4) is 0 Å². The fourth-order valence-corrected chi connectivity index (χ4v) is 6.27. The molecule has 3 heteroatoms. The first-order valence-electron chi connectivity index (χ1n) is 10.1. The Morgan fingerprint density at radius 1 is 0.893 bits per heavy atom. The average Bonchev–Trinajstić information content (AvgIpc) is 2.98. The van der Waals surface area contributed by atoms with Gasteiger partial charge in [0.25, 0.3) is 0 Å². The molecule has 28 heavy (non-hydrogen) atoms. The Morgan fingerprint density at radius 2 is 1.64 bits per heavy atom. The molecule has 1 aliphatic carbocycles. The summed E-state index contributed by atoms with van der Waals surface area (Å²) >= 11 is 0. The molecule has 0 fully saturated rings. The van der Waals surface area contributed by atoms with Crippen molar-refractivity contribution in [3.8, 4) is 11.3 Å². The number of furan rings is 1. The molecule has 0 radical (unpaired) electrons. The van der Waals surface area contributed by atoms with Crippen molar-refractivity contribution in [3.05, 3.63) is 58.8 Å². The van der Waals surface area contributed by atoms with E-state index in [4.69, 9.17) is 9.40 Å². The quantitative estimate of drug-likeness (QED) is 0.352. The molecule has 0 saturated carbocycles. The zero-order chi connectivity index (χ0) is 20.0. The van der Waals surface area contributed by atoms with Crippen LogP contribution in [-0.2, 0) is 5.41 Å². The normalized spacial score (nSPS) is 15.2. The minimum absolute atomic E-state index is 0.122. The van der Waals surface area contributed by atoms with Crippen LogP contribution in [0.2, 0.25) is 19.6 Å². The second-order valence-electron chi connectivity index (χ2n) is 9.88. The van der Waals surface area contributed by atoms with Crippen LogP contribution in [0.15, 0.2) is 40.9 Å². The minimum Gasteiger partial charge on any atom is -0.456 e. The summed E-state index contributed by atoms with van der Waals surface area (Å²) < 4.78 is 6.62. The Balaban J connectivity index is 2.10. The summed E-state index contributed by atoms with van der Waals surface area (Å²) in [6, 6.07) is 11.5. The van der Waals surface area contributed by atoms with Gasteiger partial charge in [0.1, 0.15) is 11.2 Å². The van der Waals surface area contributed by atoms with Crippen LogP contribution in [0.1, 0.15) is 36.1 Å². The predicted octanol–water partition coefficient (Wildman–Crippen LogP) is 6.45. The van der Waals surface area contributed by atoms with Gasteiger partial charge in [-0.3, -0.25) is 4.98 Å². The highest BCUT2D eigenvalue weighted by atomic mass is 28.3. The van der Waals surface area contributed by atoms with Crippen molar-refractivity contribution >= 4 is 35.2 Å². The van der Waals surface area contributed by atoms with E-state index >= 15 is 0 Å². The molecule has 0 unspecified atom stereocenters. The maximum absolute atomic E-state index is 6.62. The number of benzene rings is 2. The molecule has 0 amide bonds. The Kier molecular flexibility index (Phi) is 3.38. The van der Waals surface area contributed by atoms with E-state index in [1.165, 1.54) is 38.2 Å². The number of hydrogen-bond acceptors (Lipinski definition) is 2. The van der Waals surface area contributed by atoms with Crippen molar-refractivity contribution in [1.29, 1.82) is 0 Å². The van der Waals surface area contributed by atoms with Gasteiger partial charge in [0.2, 0.25) is 0 Å². The van der Waals surface area contributed by atoms with Crippen molar-refractivity contribution in [1.82, 2.24) is 4.98 Å². The number of aryl methyl sites for hydroxylation is 2. The highest BCUT2D eigenvalue weighted by molar-refractivity contribution is 6.90. The predicted molar refractivity (Wildman–Crippen MR) is 122 cm³/mol. The van der Waals surface area contributed by atoms with Gasteiger partial charge in [-0.25, -0.2) is 0 Å². The van der Waals surface area contributed by atoms with Crippen LogP contribution >= 0.6 is 0 Å². The van der Waals surface area contributed by atoms with Crippen LogP contribution in [0.25, 0.3) is 33.2 Å². The first-order valence-corrected chi connectivity index (χ1v) is 13.6. The number of hydrogen-bond donors (Lipinski definition) is 0. The van der Waals surface area contributed by atoms with Crippen molar-refractivity contribution in [3.63, 3.8) is 0 Å². The second-order valence-corrected chi connectivity index (χ2v) is 14.9. The topological polar surface area (TPSA) is 26.0 Å². The fraction of sp³-hybridized carbons (Fsp3) is 0.320. The maximum Gasteiger partial charge on any atom is 0.142 e. The van der Waals surface area contributed by atoms with E-state index in [1.54, 1.807) is 0 Å². The number of fused-ring (bicyclic) bond motifs is 2. The van der Waals surface area contributed by atoms with Gasteiger partial charge in [-0.05, 0) is 30.2 Å². The third-order valence-corrected chi connectivity index (χ3v) is 8.42. The Hall–Kier alpha value is -2.39. The van der Waals surface area contributed by atoms with Crippen molar-refractivity contribution in [2.75, 3.05) is 0 Å². The molecule has 4 aromatic rings. The standard InChI is InChI=1S/C25H27NOSi/c1-14-8-9-16-18(12-14)25(3,4)17-10-11-19(28(5,6)7)24-20(17)21-22(16)26-13-15(2)23(21)27-24/h8-13H,1-7H3. The molecule has 2 nitrogen and oxygen atoms in total. The third-order valence-electron chi connectivity index (χ3n) is 6.41. The highest BCUT2D eigenvalue weighted by Gasteiger charge is 2.36. The van der Waals surface area contributed by atoms with E-state index < -0.39 is 8.07 Å². The molecule has 0 bridgehead atoms. The lowest BCUT2D eigenvalue weighted by Gasteiger charge is -2.29. The first-order chi connectivity index (χ1) is 13.1. The lowest BCUT2D eigenvalue weighted by molar-refractivity contribution is 0.643. The lowest BCUT2D eigenvalue weighted by Crippen LogP contribution is -2.38. The van der Waals surface area contributed by atoms with Gasteiger partial charge in [0.15, 0.2) is 0 Å². The Morgan fingerprint density at radius 3 is 2.36 bits per heavy atom. The van der Waals surface area contributed by atoms with Gasteiger partial charge >= 0.3 is 0 Å². The molecular weight excluding hydrogens is 358 g/mol. The van der Waals surface area contributed by atoms with Crippen LogP contribution in [0, 0.1) is 13.8 Å². The summed E-state index contributed by atoms with van der Waals surface area (Å²) in [6.45, 7) is 16.1. The number of nitrogens with zero attached hydrogens (tertiary/aromatic N) is 1. The molecule has 1 aliphatic rings.